The van der Waals surface area contributed by atoms with Crippen molar-refractivity contribution in [1.82, 2.24) is 9.62 Å². The number of benzene rings is 1. The number of carbonyl (C=O) groups is 1. The van der Waals surface area contributed by atoms with Crippen molar-refractivity contribution in [2.45, 2.75) is 42.4 Å². The molecule has 1 aliphatic carbocycles. The minimum atomic E-state index is -3.40. The topological polar surface area (TPSA) is 66.5 Å². The summed E-state index contributed by atoms with van der Waals surface area (Å²) in [5.41, 5.74) is 2.50. The first-order valence-corrected chi connectivity index (χ1v) is 11.3. The van der Waals surface area contributed by atoms with Gasteiger partial charge in [-0.25, -0.2) is 8.42 Å². The number of thiophene rings is 1. The Morgan fingerprint density at radius 1 is 1.15 bits per heavy atom. The van der Waals surface area contributed by atoms with Crippen LogP contribution in [0.1, 0.15) is 41.3 Å². The van der Waals surface area contributed by atoms with Crippen LogP contribution in [0.2, 0.25) is 0 Å². The van der Waals surface area contributed by atoms with E-state index in [0.717, 1.165) is 30.6 Å². The van der Waals surface area contributed by atoms with Gasteiger partial charge in [-0.2, -0.15) is 4.31 Å². The van der Waals surface area contributed by atoms with Gasteiger partial charge in [0.15, 0.2) is 0 Å². The lowest BCUT2D eigenvalue weighted by atomic mass is 10.1. The number of hydrogen-bond acceptors (Lipinski definition) is 4. The molecule has 2 aromatic rings. The Morgan fingerprint density at radius 3 is 2.73 bits per heavy atom. The highest BCUT2D eigenvalue weighted by atomic mass is 32.2. The van der Waals surface area contributed by atoms with Crippen molar-refractivity contribution >= 4 is 27.3 Å². The largest absolute Gasteiger partial charge is 0.349 e. The van der Waals surface area contributed by atoms with E-state index in [1.807, 2.05) is 12.1 Å². The molecule has 1 N–H and O–H groups in total. The van der Waals surface area contributed by atoms with Gasteiger partial charge in [-0.05, 0) is 48.9 Å². The SMILES string of the molecule is O=C(Cc1ccc(S(=O)(=O)N2CCCC2)s1)NC1CCc2ccccc21. The normalized spacial score (nSPS) is 20.2. The molecule has 1 atom stereocenters. The van der Waals surface area contributed by atoms with Crippen molar-refractivity contribution in [1.29, 1.82) is 0 Å². The summed E-state index contributed by atoms with van der Waals surface area (Å²) in [5.74, 6) is -0.0568. The third-order valence-electron chi connectivity index (χ3n) is 5.10. The molecule has 2 aliphatic rings. The zero-order valence-electron chi connectivity index (χ0n) is 14.5. The number of hydrogen-bond donors (Lipinski definition) is 1. The molecule has 1 aliphatic heterocycles. The number of aryl methyl sites for hydroxylation is 1. The van der Waals surface area contributed by atoms with Gasteiger partial charge in [-0.15, -0.1) is 11.3 Å². The molecule has 1 unspecified atom stereocenters. The minimum Gasteiger partial charge on any atom is -0.349 e. The molecule has 1 saturated heterocycles. The third kappa shape index (κ3) is 3.43. The number of nitrogens with zero attached hydrogens (tertiary/aromatic N) is 1. The maximum atomic E-state index is 12.6. The highest BCUT2D eigenvalue weighted by Gasteiger charge is 2.29. The second-order valence-corrected chi connectivity index (χ2v) is 10.2. The maximum absolute atomic E-state index is 12.6. The summed E-state index contributed by atoms with van der Waals surface area (Å²) in [6.07, 6.45) is 3.97. The van der Waals surface area contributed by atoms with E-state index in [4.69, 9.17) is 0 Å². The summed E-state index contributed by atoms with van der Waals surface area (Å²) in [5, 5.41) is 3.09. The van der Waals surface area contributed by atoms with Crippen LogP contribution in [-0.2, 0) is 27.7 Å². The van der Waals surface area contributed by atoms with Gasteiger partial charge in [0.2, 0.25) is 5.91 Å². The third-order valence-corrected chi connectivity index (χ3v) is 8.55. The number of fused-ring (bicyclic) bond motifs is 1. The van der Waals surface area contributed by atoms with E-state index in [1.54, 1.807) is 12.1 Å². The fraction of sp³-hybridized carbons (Fsp3) is 0.421. The second-order valence-electron chi connectivity index (χ2n) is 6.87. The summed E-state index contributed by atoms with van der Waals surface area (Å²) in [6.45, 7) is 1.19. The van der Waals surface area contributed by atoms with Crippen LogP contribution in [0.15, 0.2) is 40.6 Å². The molecule has 7 heteroatoms. The lowest BCUT2D eigenvalue weighted by Crippen LogP contribution is -2.28. The van der Waals surface area contributed by atoms with E-state index < -0.39 is 10.0 Å². The molecule has 5 nitrogen and oxygen atoms in total. The summed E-state index contributed by atoms with van der Waals surface area (Å²) in [6, 6.07) is 11.7. The van der Waals surface area contributed by atoms with Crippen LogP contribution in [0.5, 0.6) is 0 Å². The smallest absolute Gasteiger partial charge is 0.252 e. The Labute approximate surface area is 158 Å². The highest BCUT2D eigenvalue weighted by Crippen LogP contribution is 2.31. The second kappa shape index (κ2) is 7.13. The number of sulfonamides is 1. The van der Waals surface area contributed by atoms with Crippen molar-refractivity contribution in [3.8, 4) is 0 Å². The van der Waals surface area contributed by atoms with Crippen LogP contribution in [-0.4, -0.2) is 31.7 Å². The quantitative estimate of drug-likeness (QED) is 0.854. The lowest BCUT2D eigenvalue weighted by Gasteiger charge is -2.14. The van der Waals surface area contributed by atoms with Gasteiger partial charge in [-0.3, -0.25) is 4.79 Å². The van der Waals surface area contributed by atoms with Crippen molar-refractivity contribution in [2.75, 3.05) is 13.1 Å². The van der Waals surface area contributed by atoms with Gasteiger partial charge < -0.3 is 5.32 Å². The fourth-order valence-corrected chi connectivity index (χ4v) is 6.78. The van der Waals surface area contributed by atoms with Crippen LogP contribution in [0.25, 0.3) is 0 Å². The van der Waals surface area contributed by atoms with E-state index in [2.05, 4.69) is 17.4 Å². The van der Waals surface area contributed by atoms with Gasteiger partial charge in [-0.1, -0.05) is 24.3 Å². The molecule has 1 amide bonds. The number of rotatable bonds is 5. The minimum absolute atomic E-state index is 0.0568. The number of carbonyl (C=O) groups excluding carboxylic acids is 1. The summed E-state index contributed by atoms with van der Waals surface area (Å²) < 4.78 is 27.1. The molecule has 0 saturated carbocycles. The summed E-state index contributed by atoms with van der Waals surface area (Å²) >= 11 is 1.21. The Kier molecular flexibility index (Phi) is 4.86. The van der Waals surface area contributed by atoms with E-state index in [0.29, 0.717) is 17.3 Å². The first-order valence-electron chi connectivity index (χ1n) is 9.00. The predicted molar refractivity (Wildman–Crippen MR) is 102 cm³/mol. The van der Waals surface area contributed by atoms with Crippen LogP contribution in [0.3, 0.4) is 0 Å². The molecule has 1 aromatic heterocycles. The Balaban J connectivity index is 1.41. The molecule has 0 spiro atoms. The predicted octanol–water partition coefficient (Wildman–Crippen LogP) is 2.88. The van der Waals surface area contributed by atoms with Gasteiger partial charge in [0, 0.05) is 18.0 Å². The van der Waals surface area contributed by atoms with Crippen molar-refractivity contribution in [3.05, 3.63) is 52.4 Å². The number of nitrogens with one attached hydrogen (secondary N) is 1. The molecular formula is C19H22N2O3S2. The van der Waals surface area contributed by atoms with E-state index in [1.165, 1.54) is 26.8 Å². The average molecular weight is 391 g/mol. The molecule has 138 valence electrons. The van der Waals surface area contributed by atoms with Gasteiger partial charge in [0.25, 0.3) is 10.0 Å². The van der Waals surface area contributed by atoms with Crippen molar-refractivity contribution in [3.63, 3.8) is 0 Å². The lowest BCUT2D eigenvalue weighted by molar-refractivity contribution is -0.121. The maximum Gasteiger partial charge on any atom is 0.252 e. The number of amides is 1. The zero-order chi connectivity index (χ0) is 18.1. The Bertz CT molecular complexity index is 914. The van der Waals surface area contributed by atoms with Gasteiger partial charge in [0.1, 0.15) is 4.21 Å². The standard InChI is InChI=1S/C19H22N2O3S2/c22-18(20-17-9-7-14-5-1-2-6-16(14)17)13-15-8-10-19(25-15)26(23,24)21-11-3-4-12-21/h1-2,5-6,8,10,17H,3-4,7,9,11-13H2,(H,20,22). The molecule has 0 radical (unpaired) electrons. The van der Waals surface area contributed by atoms with Crippen LogP contribution >= 0.6 is 11.3 Å². The molecule has 0 bridgehead atoms. The van der Waals surface area contributed by atoms with Crippen molar-refractivity contribution in [2.24, 2.45) is 0 Å². The molecule has 1 fully saturated rings. The van der Waals surface area contributed by atoms with E-state index in [9.17, 15) is 13.2 Å². The monoisotopic (exact) mass is 390 g/mol. The zero-order valence-corrected chi connectivity index (χ0v) is 16.1. The van der Waals surface area contributed by atoms with Gasteiger partial charge >= 0.3 is 0 Å². The Morgan fingerprint density at radius 2 is 1.92 bits per heavy atom. The first-order chi connectivity index (χ1) is 12.5. The molecule has 26 heavy (non-hydrogen) atoms. The molecule has 4 rings (SSSR count). The van der Waals surface area contributed by atoms with Crippen LogP contribution in [0, 0.1) is 0 Å². The van der Waals surface area contributed by atoms with Crippen LogP contribution < -0.4 is 5.32 Å². The molecular weight excluding hydrogens is 368 g/mol. The van der Waals surface area contributed by atoms with Gasteiger partial charge in [0.05, 0.1) is 12.5 Å². The summed E-state index contributed by atoms with van der Waals surface area (Å²) in [4.78, 5) is 13.2. The highest BCUT2D eigenvalue weighted by molar-refractivity contribution is 7.91. The Hall–Kier alpha value is -1.70. The summed E-state index contributed by atoms with van der Waals surface area (Å²) in [7, 11) is -3.40. The fourth-order valence-electron chi connectivity index (χ4n) is 3.76. The molecule has 1 aromatic carbocycles. The van der Waals surface area contributed by atoms with Crippen LogP contribution in [0.4, 0.5) is 0 Å². The average Bonchev–Trinajstić information content (AvgIpc) is 3.36. The molecule has 2 heterocycles. The van der Waals surface area contributed by atoms with E-state index in [-0.39, 0.29) is 18.4 Å². The van der Waals surface area contributed by atoms with E-state index >= 15 is 0 Å². The van der Waals surface area contributed by atoms with Crippen molar-refractivity contribution < 1.29 is 13.2 Å². The first kappa shape index (κ1) is 17.7.